The molecular formula is C16H28N2O3. The molecule has 0 aliphatic heterocycles. The summed E-state index contributed by atoms with van der Waals surface area (Å²) < 4.78 is 0. The third kappa shape index (κ3) is 4.11. The van der Waals surface area contributed by atoms with Gasteiger partial charge < -0.3 is 15.7 Å². The highest BCUT2D eigenvalue weighted by Gasteiger charge is 2.41. The van der Waals surface area contributed by atoms with Crippen molar-refractivity contribution in [1.82, 2.24) is 10.6 Å². The van der Waals surface area contributed by atoms with Gasteiger partial charge in [0.15, 0.2) is 0 Å². The molecule has 2 saturated carbocycles. The maximum Gasteiger partial charge on any atom is 0.329 e. The molecule has 0 radical (unpaired) electrons. The van der Waals surface area contributed by atoms with Gasteiger partial charge in [-0.3, -0.25) is 0 Å². The van der Waals surface area contributed by atoms with Gasteiger partial charge in [0.2, 0.25) is 0 Å². The van der Waals surface area contributed by atoms with Gasteiger partial charge in [-0.25, -0.2) is 9.59 Å². The molecule has 0 spiro atoms. The number of amides is 2. The van der Waals surface area contributed by atoms with Crippen LogP contribution in [0.3, 0.4) is 0 Å². The van der Waals surface area contributed by atoms with Crippen molar-refractivity contribution in [2.45, 2.75) is 82.7 Å². The fourth-order valence-corrected chi connectivity index (χ4v) is 3.70. The molecule has 0 aromatic rings. The summed E-state index contributed by atoms with van der Waals surface area (Å²) >= 11 is 0. The zero-order chi connectivity index (χ0) is 15.3. The minimum Gasteiger partial charge on any atom is -0.480 e. The van der Waals surface area contributed by atoms with Gasteiger partial charge in [0.1, 0.15) is 5.54 Å². The molecule has 21 heavy (non-hydrogen) atoms. The highest BCUT2D eigenvalue weighted by molar-refractivity contribution is 5.86. The van der Waals surface area contributed by atoms with Crippen molar-refractivity contribution in [1.29, 1.82) is 0 Å². The lowest BCUT2D eigenvalue weighted by Gasteiger charge is -2.35. The van der Waals surface area contributed by atoms with E-state index in [0.29, 0.717) is 12.8 Å². The van der Waals surface area contributed by atoms with Crippen molar-refractivity contribution in [2.24, 2.45) is 5.92 Å². The second kappa shape index (κ2) is 7.14. The maximum atomic E-state index is 12.2. The highest BCUT2D eigenvalue weighted by atomic mass is 16.4. The summed E-state index contributed by atoms with van der Waals surface area (Å²) in [5, 5.41) is 15.2. The molecule has 2 amide bonds. The summed E-state index contributed by atoms with van der Waals surface area (Å²) in [5.74, 6) is -0.109. The van der Waals surface area contributed by atoms with Gasteiger partial charge in [-0.05, 0) is 44.4 Å². The summed E-state index contributed by atoms with van der Waals surface area (Å²) in [6.45, 7) is 2.21. The number of nitrogens with one attached hydrogen (secondary N) is 2. The van der Waals surface area contributed by atoms with E-state index in [1.165, 1.54) is 6.42 Å². The molecule has 2 aliphatic rings. The SMILES string of the molecule is CCC1CCC(NC(=O)NC2(C(=O)O)CCCCC2)CC1. The molecule has 0 aromatic heterocycles. The van der Waals surface area contributed by atoms with Crippen molar-refractivity contribution in [3.8, 4) is 0 Å². The monoisotopic (exact) mass is 296 g/mol. The number of rotatable bonds is 4. The minimum absolute atomic E-state index is 0.197. The Morgan fingerprint density at radius 2 is 1.71 bits per heavy atom. The van der Waals surface area contributed by atoms with E-state index in [9.17, 15) is 14.7 Å². The van der Waals surface area contributed by atoms with E-state index < -0.39 is 11.5 Å². The number of hydrogen-bond acceptors (Lipinski definition) is 2. The summed E-state index contributed by atoms with van der Waals surface area (Å²) in [6.07, 6.45) is 9.41. The topological polar surface area (TPSA) is 78.4 Å². The number of carbonyl (C=O) groups is 2. The van der Waals surface area contributed by atoms with Crippen LogP contribution < -0.4 is 10.6 Å². The van der Waals surface area contributed by atoms with Crippen LogP contribution in [0.5, 0.6) is 0 Å². The van der Waals surface area contributed by atoms with Crippen molar-refractivity contribution in [3.05, 3.63) is 0 Å². The zero-order valence-electron chi connectivity index (χ0n) is 13.0. The van der Waals surface area contributed by atoms with Crippen molar-refractivity contribution in [3.63, 3.8) is 0 Å². The Bertz CT molecular complexity index is 370. The number of carboxylic acids is 1. The van der Waals surface area contributed by atoms with Crippen LogP contribution in [0, 0.1) is 5.92 Å². The van der Waals surface area contributed by atoms with Gasteiger partial charge in [0, 0.05) is 6.04 Å². The molecule has 0 aromatic carbocycles. The predicted molar refractivity (Wildman–Crippen MR) is 81.2 cm³/mol. The summed E-state index contributed by atoms with van der Waals surface area (Å²) in [6, 6.07) is -0.110. The normalized spacial score (nSPS) is 28.6. The number of hydrogen-bond donors (Lipinski definition) is 3. The second-order valence-electron chi connectivity index (χ2n) is 6.67. The molecule has 0 heterocycles. The Labute approximate surface area is 126 Å². The number of aliphatic carboxylic acids is 1. The largest absolute Gasteiger partial charge is 0.480 e. The van der Waals surface area contributed by atoms with Crippen LogP contribution in [0.2, 0.25) is 0 Å². The zero-order valence-corrected chi connectivity index (χ0v) is 13.0. The Morgan fingerprint density at radius 1 is 1.10 bits per heavy atom. The van der Waals surface area contributed by atoms with Gasteiger partial charge in [0.05, 0.1) is 0 Å². The molecule has 0 bridgehead atoms. The molecule has 3 N–H and O–H groups in total. The van der Waals surface area contributed by atoms with E-state index in [-0.39, 0.29) is 12.1 Å². The van der Waals surface area contributed by atoms with Crippen molar-refractivity contribution < 1.29 is 14.7 Å². The van der Waals surface area contributed by atoms with E-state index in [2.05, 4.69) is 17.6 Å². The maximum absolute atomic E-state index is 12.2. The standard InChI is InChI=1S/C16H28N2O3/c1-2-12-6-8-13(9-7-12)17-15(21)18-16(14(19)20)10-4-3-5-11-16/h12-13H,2-11H2,1H3,(H,19,20)(H2,17,18,21). The van der Waals surface area contributed by atoms with E-state index >= 15 is 0 Å². The quantitative estimate of drug-likeness (QED) is 0.746. The lowest BCUT2D eigenvalue weighted by atomic mass is 9.81. The Kier molecular flexibility index (Phi) is 5.48. The third-order valence-corrected chi connectivity index (χ3v) is 5.23. The molecule has 0 saturated heterocycles. The molecule has 0 atom stereocenters. The lowest BCUT2D eigenvalue weighted by Crippen LogP contribution is -2.59. The van der Waals surface area contributed by atoms with Gasteiger partial charge in [-0.15, -0.1) is 0 Å². The first-order chi connectivity index (χ1) is 10.1. The number of carbonyl (C=O) groups excluding carboxylic acids is 1. The smallest absolute Gasteiger partial charge is 0.329 e. The first-order valence-electron chi connectivity index (χ1n) is 8.38. The van der Waals surface area contributed by atoms with Gasteiger partial charge in [-0.2, -0.15) is 0 Å². The molecule has 0 unspecified atom stereocenters. The molecule has 2 rings (SSSR count). The van der Waals surface area contributed by atoms with E-state index in [1.807, 2.05) is 0 Å². The Hall–Kier alpha value is -1.26. The summed E-state index contributed by atoms with van der Waals surface area (Å²) in [7, 11) is 0. The molecule has 120 valence electrons. The number of urea groups is 1. The molecule has 5 nitrogen and oxygen atoms in total. The first-order valence-corrected chi connectivity index (χ1v) is 8.38. The Balaban J connectivity index is 1.84. The molecule has 5 heteroatoms. The second-order valence-corrected chi connectivity index (χ2v) is 6.67. The van der Waals surface area contributed by atoms with Crippen LogP contribution in [0.15, 0.2) is 0 Å². The lowest BCUT2D eigenvalue weighted by molar-refractivity contribution is -0.145. The molecule has 2 aliphatic carbocycles. The van der Waals surface area contributed by atoms with Gasteiger partial charge >= 0.3 is 12.0 Å². The average Bonchev–Trinajstić information content (AvgIpc) is 2.48. The van der Waals surface area contributed by atoms with Crippen LogP contribution >= 0.6 is 0 Å². The average molecular weight is 296 g/mol. The highest BCUT2D eigenvalue weighted by Crippen LogP contribution is 2.29. The minimum atomic E-state index is -1.05. The summed E-state index contributed by atoms with van der Waals surface area (Å²) in [5.41, 5.74) is -1.05. The van der Waals surface area contributed by atoms with Crippen molar-refractivity contribution >= 4 is 12.0 Å². The van der Waals surface area contributed by atoms with E-state index in [0.717, 1.165) is 50.9 Å². The van der Waals surface area contributed by atoms with Crippen LogP contribution in [0.1, 0.15) is 71.1 Å². The van der Waals surface area contributed by atoms with Gasteiger partial charge in [0.25, 0.3) is 0 Å². The van der Waals surface area contributed by atoms with E-state index in [4.69, 9.17) is 0 Å². The molecule has 2 fully saturated rings. The third-order valence-electron chi connectivity index (χ3n) is 5.23. The van der Waals surface area contributed by atoms with Crippen LogP contribution in [-0.4, -0.2) is 28.7 Å². The van der Waals surface area contributed by atoms with E-state index in [1.54, 1.807) is 0 Å². The van der Waals surface area contributed by atoms with Crippen LogP contribution in [0.4, 0.5) is 4.79 Å². The van der Waals surface area contributed by atoms with Crippen molar-refractivity contribution in [2.75, 3.05) is 0 Å². The van der Waals surface area contributed by atoms with Crippen LogP contribution in [-0.2, 0) is 4.79 Å². The first kappa shape index (κ1) is 16.1. The fraction of sp³-hybridized carbons (Fsp3) is 0.875. The Morgan fingerprint density at radius 3 is 2.24 bits per heavy atom. The predicted octanol–water partition coefficient (Wildman–Crippen LogP) is 3.04. The fourth-order valence-electron chi connectivity index (χ4n) is 3.70. The number of carboxylic acid groups (broad SMARTS) is 1. The van der Waals surface area contributed by atoms with Crippen LogP contribution in [0.25, 0.3) is 0 Å². The van der Waals surface area contributed by atoms with Gasteiger partial charge in [-0.1, -0.05) is 32.6 Å². The molecular weight excluding hydrogens is 268 g/mol. The summed E-state index contributed by atoms with van der Waals surface area (Å²) in [4.78, 5) is 23.7.